The van der Waals surface area contributed by atoms with E-state index in [0.29, 0.717) is 18.2 Å². The van der Waals surface area contributed by atoms with Crippen molar-refractivity contribution in [2.24, 2.45) is 0 Å². The van der Waals surface area contributed by atoms with E-state index in [4.69, 9.17) is 21.1 Å². The second-order valence-corrected chi connectivity index (χ2v) is 4.15. The number of halogens is 2. The van der Waals surface area contributed by atoms with Gasteiger partial charge in [-0.3, -0.25) is 0 Å². The average Bonchev–Trinajstić information content (AvgIpc) is 2.11. The van der Waals surface area contributed by atoms with Gasteiger partial charge in [-0.25, -0.2) is 0 Å². The number of hydrogen-bond donors (Lipinski definition) is 0. The Morgan fingerprint density at radius 2 is 2.07 bits per heavy atom. The number of ether oxygens (including phenoxy) is 2. The zero-order chi connectivity index (χ0) is 10.4. The summed E-state index contributed by atoms with van der Waals surface area (Å²) in [5, 5.41) is 0.668. The van der Waals surface area contributed by atoms with E-state index in [9.17, 15) is 0 Å². The van der Waals surface area contributed by atoms with E-state index in [0.717, 1.165) is 16.6 Å². The summed E-state index contributed by atoms with van der Waals surface area (Å²) in [4.78, 5) is 0. The second kappa shape index (κ2) is 6.27. The first kappa shape index (κ1) is 11.8. The molecule has 4 heteroatoms. The summed E-state index contributed by atoms with van der Waals surface area (Å²) in [6.07, 6.45) is 0.876. The molecule has 0 N–H and O–H groups in total. The lowest BCUT2D eigenvalue weighted by molar-refractivity contribution is 0.172. The first-order chi connectivity index (χ1) is 6.72. The van der Waals surface area contributed by atoms with Crippen molar-refractivity contribution < 1.29 is 9.47 Å². The highest BCUT2D eigenvalue weighted by atomic mass is 79.9. The molecule has 78 valence electrons. The molecule has 14 heavy (non-hydrogen) atoms. The molecule has 1 aromatic carbocycles. The first-order valence-corrected chi connectivity index (χ1v) is 5.47. The summed E-state index contributed by atoms with van der Waals surface area (Å²) in [6.45, 7) is 1.35. The lowest BCUT2D eigenvalue weighted by Crippen LogP contribution is -2.01. The molecular formula is C10H12BrClO2. The molecule has 0 unspecified atom stereocenters. The Morgan fingerprint density at radius 3 is 2.71 bits per heavy atom. The minimum Gasteiger partial charge on any atom is -0.493 e. The van der Waals surface area contributed by atoms with Crippen LogP contribution in [-0.2, 0) is 4.74 Å². The number of hydrogen-bond acceptors (Lipinski definition) is 2. The third kappa shape index (κ3) is 4.31. The summed E-state index contributed by atoms with van der Waals surface area (Å²) in [5.41, 5.74) is 0. The fourth-order valence-corrected chi connectivity index (χ4v) is 1.83. The maximum Gasteiger partial charge on any atom is 0.121 e. The molecule has 0 fully saturated rings. The molecular weight excluding hydrogens is 267 g/mol. The number of methoxy groups -OCH3 is 1. The van der Waals surface area contributed by atoms with Crippen molar-refractivity contribution in [3.8, 4) is 5.75 Å². The summed E-state index contributed by atoms with van der Waals surface area (Å²) in [5.74, 6) is 0.778. The van der Waals surface area contributed by atoms with Gasteiger partial charge < -0.3 is 9.47 Å². The molecule has 0 bridgehead atoms. The summed E-state index contributed by atoms with van der Waals surface area (Å²) in [7, 11) is 1.68. The highest BCUT2D eigenvalue weighted by molar-refractivity contribution is 9.10. The van der Waals surface area contributed by atoms with Gasteiger partial charge >= 0.3 is 0 Å². The smallest absolute Gasteiger partial charge is 0.121 e. The van der Waals surface area contributed by atoms with Gasteiger partial charge in [0.15, 0.2) is 0 Å². The van der Waals surface area contributed by atoms with Gasteiger partial charge in [-0.15, -0.1) is 0 Å². The van der Waals surface area contributed by atoms with Crippen LogP contribution in [0.3, 0.4) is 0 Å². The monoisotopic (exact) mass is 278 g/mol. The third-order valence-corrected chi connectivity index (χ3v) is 2.27. The van der Waals surface area contributed by atoms with Crippen LogP contribution in [0.25, 0.3) is 0 Å². The Balaban J connectivity index is 2.42. The Kier molecular flexibility index (Phi) is 5.30. The standard InChI is InChI=1S/C10H12BrClO2/c1-13-3-2-4-14-10-6-8(11)5-9(12)7-10/h5-7H,2-4H2,1H3. The van der Waals surface area contributed by atoms with E-state index in [1.54, 1.807) is 13.2 Å². The molecule has 0 radical (unpaired) electrons. The molecule has 0 aliphatic rings. The zero-order valence-electron chi connectivity index (χ0n) is 7.93. The Hall–Kier alpha value is -0.250. The van der Waals surface area contributed by atoms with Crippen LogP contribution in [0.2, 0.25) is 5.02 Å². The van der Waals surface area contributed by atoms with Crippen LogP contribution >= 0.6 is 27.5 Å². The van der Waals surface area contributed by atoms with E-state index in [-0.39, 0.29) is 0 Å². The van der Waals surface area contributed by atoms with Gasteiger partial charge in [0, 0.05) is 29.6 Å². The van der Waals surface area contributed by atoms with E-state index in [1.165, 1.54) is 0 Å². The van der Waals surface area contributed by atoms with E-state index < -0.39 is 0 Å². The summed E-state index contributed by atoms with van der Waals surface area (Å²) >= 11 is 9.20. The molecule has 0 aliphatic heterocycles. The predicted molar refractivity (Wildman–Crippen MR) is 61.1 cm³/mol. The van der Waals surface area contributed by atoms with Crippen LogP contribution in [0.15, 0.2) is 22.7 Å². The lowest BCUT2D eigenvalue weighted by Gasteiger charge is -2.06. The maximum absolute atomic E-state index is 5.86. The van der Waals surface area contributed by atoms with Crippen LogP contribution in [0.1, 0.15) is 6.42 Å². The van der Waals surface area contributed by atoms with Gasteiger partial charge in [0.05, 0.1) is 6.61 Å². The van der Waals surface area contributed by atoms with E-state index in [1.807, 2.05) is 12.1 Å². The molecule has 0 saturated carbocycles. The molecule has 0 heterocycles. The third-order valence-electron chi connectivity index (χ3n) is 1.60. The topological polar surface area (TPSA) is 18.5 Å². The van der Waals surface area contributed by atoms with Crippen LogP contribution in [0.5, 0.6) is 5.75 Å². The number of rotatable bonds is 5. The van der Waals surface area contributed by atoms with Gasteiger partial charge in [0.2, 0.25) is 0 Å². The Labute approximate surface area is 97.3 Å². The normalized spacial score (nSPS) is 10.2. The molecule has 2 nitrogen and oxygen atoms in total. The van der Waals surface area contributed by atoms with Gasteiger partial charge in [-0.05, 0) is 18.2 Å². The fraction of sp³-hybridized carbons (Fsp3) is 0.400. The van der Waals surface area contributed by atoms with Crippen LogP contribution in [-0.4, -0.2) is 20.3 Å². The molecule has 0 aromatic heterocycles. The van der Waals surface area contributed by atoms with Gasteiger partial charge in [0.25, 0.3) is 0 Å². The SMILES string of the molecule is COCCCOc1cc(Cl)cc(Br)c1. The van der Waals surface area contributed by atoms with Crippen molar-refractivity contribution in [3.63, 3.8) is 0 Å². The van der Waals surface area contributed by atoms with Crippen LogP contribution in [0, 0.1) is 0 Å². The highest BCUT2D eigenvalue weighted by Crippen LogP contribution is 2.24. The van der Waals surface area contributed by atoms with Gasteiger partial charge in [-0.2, -0.15) is 0 Å². The lowest BCUT2D eigenvalue weighted by atomic mass is 10.3. The van der Waals surface area contributed by atoms with E-state index in [2.05, 4.69) is 15.9 Å². The molecule has 1 rings (SSSR count). The van der Waals surface area contributed by atoms with Crippen molar-refractivity contribution in [2.75, 3.05) is 20.3 Å². The molecule has 1 aromatic rings. The predicted octanol–water partition coefficient (Wildman–Crippen LogP) is 3.52. The van der Waals surface area contributed by atoms with Crippen molar-refractivity contribution in [2.45, 2.75) is 6.42 Å². The highest BCUT2D eigenvalue weighted by Gasteiger charge is 1.98. The Bertz CT molecular complexity index is 271. The molecule has 0 spiro atoms. The largest absolute Gasteiger partial charge is 0.493 e. The quantitative estimate of drug-likeness (QED) is 0.768. The Morgan fingerprint density at radius 1 is 1.29 bits per heavy atom. The van der Waals surface area contributed by atoms with Crippen molar-refractivity contribution in [1.82, 2.24) is 0 Å². The minimum atomic E-state index is 0.640. The van der Waals surface area contributed by atoms with E-state index >= 15 is 0 Å². The van der Waals surface area contributed by atoms with Crippen molar-refractivity contribution in [1.29, 1.82) is 0 Å². The van der Waals surface area contributed by atoms with Crippen molar-refractivity contribution in [3.05, 3.63) is 27.7 Å². The zero-order valence-corrected chi connectivity index (χ0v) is 10.3. The molecule has 0 atom stereocenters. The molecule has 0 aliphatic carbocycles. The summed E-state index contributed by atoms with van der Waals surface area (Å²) in [6, 6.07) is 5.50. The van der Waals surface area contributed by atoms with Gasteiger partial charge in [0.1, 0.15) is 5.75 Å². The average molecular weight is 280 g/mol. The summed E-state index contributed by atoms with van der Waals surface area (Å²) < 4.78 is 11.3. The second-order valence-electron chi connectivity index (χ2n) is 2.80. The van der Waals surface area contributed by atoms with Crippen LogP contribution < -0.4 is 4.74 Å². The fourth-order valence-electron chi connectivity index (χ4n) is 1.01. The first-order valence-electron chi connectivity index (χ1n) is 4.30. The van der Waals surface area contributed by atoms with Crippen molar-refractivity contribution >= 4 is 27.5 Å². The minimum absolute atomic E-state index is 0.640. The van der Waals surface area contributed by atoms with Gasteiger partial charge in [-0.1, -0.05) is 27.5 Å². The molecule has 0 amide bonds. The maximum atomic E-state index is 5.86. The number of benzene rings is 1. The molecule has 0 saturated heterocycles. The van der Waals surface area contributed by atoms with Crippen LogP contribution in [0.4, 0.5) is 0 Å².